The topological polar surface area (TPSA) is 70.3 Å². The predicted molar refractivity (Wildman–Crippen MR) is 64.9 cm³/mol. The van der Waals surface area contributed by atoms with Crippen LogP contribution < -0.4 is 11.2 Å². The van der Waals surface area contributed by atoms with Crippen molar-refractivity contribution in [1.29, 1.82) is 0 Å². The molecule has 6 nitrogen and oxygen atoms in total. The Morgan fingerprint density at radius 2 is 2.22 bits per heavy atom. The van der Waals surface area contributed by atoms with Gasteiger partial charge in [-0.1, -0.05) is 0 Å². The fourth-order valence-electron chi connectivity index (χ4n) is 2.11. The van der Waals surface area contributed by atoms with E-state index in [4.69, 9.17) is 4.74 Å². The van der Waals surface area contributed by atoms with Gasteiger partial charge in [0.05, 0.1) is 18.2 Å². The lowest BCUT2D eigenvalue weighted by Crippen LogP contribution is -2.41. The Morgan fingerprint density at radius 1 is 1.50 bits per heavy atom. The van der Waals surface area contributed by atoms with Crippen LogP contribution in [0.2, 0.25) is 0 Å². The van der Waals surface area contributed by atoms with Crippen LogP contribution in [0.1, 0.15) is 30.1 Å². The molecule has 1 atom stereocenters. The third-order valence-electron chi connectivity index (χ3n) is 3.16. The summed E-state index contributed by atoms with van der Waals surface area (Å²) in [4.78, 5) is 35.0. The van der Waals surface area contributed by atoms with Crippen molar-refractivity contribution >= 4 is 5.78 Å². The number of ether oxygens (including phenoxy) is 1. The van der Waals surface area contributed by atoms with Gasteiger partial charge >= 0.3 is 5.69 Å². The van der Waals surface area contributed by atoms with E-state index in [0.717, 1.165) is 17.4 Å². The van der Waals surface area contributed by atoms with Gasteiger partial charge < -0.3 is 4.74 Å². The van der Waals surface area contributed by atoms with Crippen molar-refractivity contribution in [2.75, 3.05) is 6.61 Å². The zero-order valence-corrected chi connectivity index (χ0v) is 10.5. The Bertz CT molecular complexity index is 579. The first-order chi connectivity index (χ1) is 8.50. The minimum absolute atomic E-state index is 0.0139. The second-order valence-corrected chi connectivity index (χ2v) is 4.53. The molecule has 0 aromatic carbocycles. The number of nitrogens with zero attached hydrogens (tertiary/aromatic N) is 2. The number of carbonyl (C=O) groups excluding carboxylic acids is 1. The highest BCUT2D eigenvalue weighted by atomic mass is 16.5. The minimum Gasteiger partial charge on any atom is -0.376 e. The predicted octanol–water partition coefficient (Wildman–Crippen LogP) is -0.0714. The summed E-state index contributed by atoms with van der Waals surface area (Å²) in [6.45, 7) is 2.40. The summed E-state index contributed by atoms with van der Waals surface area (Å²) < 4.78 is 7.80. The Kier molecular flexibility index (Phi) is 3.47. The van der Waals surface area contributed by atoms with E-state index in [-0.39, 0.29) is 17.5 Å². The van der Waals surface area contributed by atoms with Crippen molar-refractivity contribution < 1.29 is 9.53 Å². The first kappa shape index (κ1) is 12.8. The van der Waals surface area contributed by atoms with Crippen LogP contribution in [0.4, 0.5) is 0 Å². The molecule has 0 N–H and O–H groups in total. The van der Waals surface area contributed by atoms with Crippen LogP contribution in [-0.4, -0.2) is 27.6 Å². The minimum atomic E-state index is -0.545. The summed E-state index contributed by atoms with van der Waals surface area (Å²) in [5.41, 5.74) is -0.924. The summed E-state index contributed by atoms with van der Waals surface area (Å²) in [6.07, 6.45) is 3.20. The molecule has 1 aromatic rings. The molecule has 0 unspecified atom stereocenters. The molecule has 0 spiro atoms. The molecular weight excluding hydrogens is 236 g/mol. The average Bonchev–Trinajstić information content (AvgIpc) is 2.82. The van der Waals surface area contributed by atoms with Crippen LogP contribution in [0.5, 0.6) is 0 Å². The quantitative estimate of drug-likeness (QED) is 0.706. The summed E-state index contributed by atoms with van der Waals surface area (Å²) in [5, 5.41) is 0. The average molecular weight is 252 g/mol. The molecule has 1 aliphatic heterocycles. The summed E-state index contributed by atoms with van der Waals surface area (Å²) in [7, 11) is 1.38. The molecule has 0 saturated carbocycles. The van der Waals surface area contributed by atoms with Crippen molar-refractivity contribution in [3.05, 3.63) is 32.6 Å². The van der Waals surface area contributed by atoms with Gasteiger partial charge in [-0.25, -0.2) is 4.79 Å². The first-order valence-electron chi connectivity index (χ1n) is 5.93. The number of aromatic nitrogens is 2. The zero-order valence-electron chi connectivity index (χ0n) is 10.5. The number of hydrogen-bond acceptors (Lipinski definition) is 4. The fourth-order valence-corrected chi connectivity index (χ4v) is 2.11. The third kappa shape index (κ3) is 2.28. The number of rotatable bonds is 3. The van der Waals surface area contributed by atoms with Crippen molar-refractivity contribution in [3.63, 3.8) is 0 Å². The molecule has 1 aliphatic rings. The van der Waals surface area contributed by atoms with Crippen LogP contribution in [-0.2, 0) is 18.3 Å². The molecule has 0 radical (unpaired) electrons. The van der Waals surface area contributed by atoms with Crippen LogP contribution in [0, 0.1) is 0 Å². The van der Waals surface area contributed by atoms with Crippen molar-refractivity contribution in [2.24, 2.45) is 7.05 Å². The van der Waals surface area contributed by atoms with Crippen molar-refractivity contribution in [1.82, 2.24) is 9.13 Å². The SMILES string of the molecule is CC(=O)c1cn(C[C@@H]2CCCO2)c(=O)n(C)c1=O. The maximum absolute atomic E-state index is 11.9. The van der Waals surface area contributed by atoms with Crippen molar-refractivity contribution in [3.8, 4) is 0 Å². The summed E-state index contributed by atoms with van der Waals surface area (Å²) >= 11 is 0. The molecule has 0 aliphatic carbocycles. The highest BCUT2D eigenvalue weighted by Gasteiger charge is 2.19. The molecule has 98 valence electrons. The second-order valence-electron chi connectivity index (χ2n) is 4.53. The van der Waals surface area contributed by atoms with E-state index in [1.165, 1.54) is 24.7 Å². The van der Waals surface area contributed by atoms with Gasteiger partial charge in [-0.2, -0.15) is 0 Å². The monoisotopic (exact) mass is 252 g/mol. The number of ketones is 1. The highest BCUT2D eigenvalue weighted by molar-refractivity contribution is 5.93. The standard InChI is InChI=1S/C12H16N2O4/c1-8(15)10-7-14(6-9-4-3-5-18-9)12(17)13(2)11(10)16/h7,9H,3-6H2,1-2H3/t9-/m0/s1. The van der Waals surface area contributed by atoms with E-state index in [9.17, 15) is 14.4 Å². The van der Waals surface area contributed by atoms with E-state index < -0.39 is 11.2 Å². The lowest BCUT2D eigenvalue weighted by molar-refractivity contribution is 0.0944. The van der Waals surface area contributed by atoms with Crippen LogP contribution >= 0.6 is 0 Å². The summed E-state index contributed by atoms with van der Waals surface area (Å²) in [5.74, 6) is -0.336. The molecule has 1 fully saturated rings. The molecule has 1 aromatic heterocycles. The van der Waals surface area contributed by atoms with Gasteiger partial charge in [0.1, 0.15) is 0 Å². The highest BCUT2D eigenvalue weighted by Crippen LogP contribution is 2.13. The fraction of sp³-hybridized carbons (Fsp3) is 0.583. The second kappa shape index (κ2) is 4.89. The van der Waals surface area contributed by atoms with Gasteiger partial charge in [-0.05, 0) is 19.8 Å². The van der Waals surface area contributed by atoms with E-state index >= 15 is 0 Å². The molecule has 0 amide bonds. The molecular formula is C12H16N2O4. The Balaban J connectivity index is 2.43. The first-order valence-corrected chi connectivity index (χ1v) is 5.93. The van der Waals surface area contributed by atoms with Crippen molar-refractivity contribution in [2.45, 2.75) is 32.4 Å². The van der Waals surface area contributed by atoms with E-state index in [2.05, 4.69) is 0 Å². The molecule has 18 heavy (non-hydrogen) atoms. The maximum atomic E-state index is 11.9. The van der Waals surface area contributed by atoms with E-state index in [1.807, 2.05) is 0 Å². The zero-order chi connectivity index (χ0) is 13.3. The Morgan fingerprint density at radius 3 is 2.78 bits per heavy atom. The molecule has 2 rings (SSSR count). The molecule has 0 bridgehead atoms. The van der Waals surface area contributed by atoms with Gasteiger partial charge in [0, 0.05) is 19.9 Å². The van der Waals surface area contributed by atoms with E-state index in [1.54, 1.807) is 0 Å². The number of Topliss-reactive ketones (excluding diaryl/α,β-unsaturated/α-hetero) is 1. The smallest absolute Gasteiger partial charge is 0.330 e. The van der Waals surface area contributed by atoms with Gasteiger partial charge in [0.15, 0.2) is 5.78 Å². The lowest BCUT2D eigenvalue weighted by atomic mass is 10.2. The largest absolute Gasteiger partial charge is 0.376 e. The van der Waals surface area contributed by atoms with Crippen LogP contribution in [0.3, 0.4) is 0 Å². The van der Waals surface area contributed by atoms with Crippen LogP contribution in [0.15, 0.2) is 15.8 Å². The van der Waals surface area contributed by atoms with E-state index in [0.29, 0.717) is 13.2 Å². The molecule has 1 saturated heterocycles. The van der Waals surface area contributed by atoms with Gasteiger partial charge in [0.2, 0.25) is 0 Å². The third-order valence-corrected chi connectivity index (χ3v) is 3.16. The molecule has 6 heteroatoms. The normalized spacial score (nSPS) is 19.1. The summed E-state index contributed by atoms with van der Waals surface area (Å²) in [6, 6.07) is 0. The Hall–Kier alpha value is -1.69. The van der Waals surface area contributed by atoms with Crippen LogP contribution in [0.25, 0.3) is 0 Å². The maximum Gasteiger partial charge on any atom is 0.330 e. The van der Waals surface area contributed by atoms with Gasteiger partial charge in [-0.3, -0.25) is 18.7 Å². The molecule has 2 heterocycles. The van der Waals surface area contributed by atoms with Gasteiger partial charge in [-0.15, -0.1) is 0 Å². The lowest BCUT2D eigenvalue weighted by Gasteiger charge is -2.13. The number of hydrogen-bond donors (Lipinski definition) is 0. The van der Waals surface area contributed by atoms with Gasteiger partial charge in [0.25, 0.3) is 5.56 Å². The number of carbonyl (C=O) groups is 1. The Labute approximate surface area is 104 Å².